The smallest absolute Gasteiger partial charge is 0.303 e. The Morgan fingerprint density at radius 2 is 2.11 bits per heavy atom. The lowest BCUT2D eigenvalue weighted by Gasteiger charge is -2.54. The first-order valence-electron chi connectivity index (χ1n) is 12.1. The van der Waals surface area contributed by atoms with Crippen molar-refractivity contribution in [3.63, 3.8) is 0 Å². The van der Waals surface area contributed by atoms with Gasteiger partial charge in [0.2, 0.25) is 0 Å². The zero-order valence-corrected chi connectivity index (χ0v) is 19.6. The van der Waals surface area contributed by atoms with Crippen molar-refractivity contribution in [1.29, 1.82) is 0 Å². The number of aliphatic carboxylic acids is 1. The molecule has 2 aromatic heterocycles. The van der Waals surface area contributed by atoms with Crippen molar-refractivity contribution in [2.75, 3.05) is 13.2 Å². The summed E-state index contributed by atoms with van der Waals surface area (Å²) in [5.74, 6) is -0.298. The molecule has 0 aliphatic carbocycles. The number of hydrogen-bond acceptors (Lipinski definition) is 6. The standard InChI is InChI=1S/C26H28N4O5/c1-25(10-8-21(31)32)19-14-26(16-34-22(19)17-6-2-3-7-20(17)35-25)9-4-12-29(26)24(33)18-15-28-30-13-5-11-27-23(18)30/h2-3,5-7,11,13,15,19,22H,4,8-10,12,14,16H2,1H3,(H,31,32)/t19-,22+,25+,26+/m1/s1. The number of ether oxygens (including phenoxy) is 2. The molecule has 2 fully saturated rings. The van der Waals surface area contributed by atoms with Crippen LogP contribution in [0, 0.1) is 5.92 Å². The summed E-state index contributed by atoms with van der Waals surface area (Å²) in [6.07, 6.45) is 7.56. The van der Waals surface area contributed by atoms with Crippen LogP contribution in [-0.4, -0.2) is 60.8 Å². The fraction of sp³-hybridized carbons (Fsp3) is 0.462. The summed E-state index contributed by atoms with van der Waals surface area (Å²) in [6, 6.07) is 9.60. The molecular formula is C26H28N4O5. The van der Waals surface area contributed by atoms with Crippen LogP contribution < -0.4 is 4.74 Å². The van der Waals surface area contributed by atoms with Crippen molar-refractivity contribution in [3.8, 4) is 5.75 Å². The summed E-state index contributed by atoms with van der Waals surface area (Å²) in [6.45, 7) is 3.05. The zero-order chi connectivity index (χ0) is 24.2. The maximum absolute atomic E-state index is 13.8. The Kier molecular flexibility index (Phi) is 5.07. The van der Waals surface area contributed by atoms with Gasteiger partial charge >= 0.3 is 5.97 Å². The van der Waals surface area contributed by atoms with Crippen LogP contribution in [-0.2, 0) is 9.53 Å². The molecule has 0 unspecified atom stereocenters. The van der Waals surface area contributed by atoms with E-state index in [2.05, 4.69) is 10.1 Å². The van der Waals surface area contributed by atoms with Gasteiger partial charge in [0.25, 0.3) is 5.91 Å². The second kappa shape index (κ2) is 8.05. The molecule has 4 atom stereocenters. The Labute approximate surface area is 202 Å². The van der Waals surface area contributed by atoms with Gasteiger partial charge in [-0.05, 0) is 44.7 Å². The summed E-state index contributed by atoms with van der Waals surface area (Å²) in [4.78, 5) is 31.6. The van der Waals surface area contributed by atoms with Gasteiger partial charge in [-0.25, -0.2) is 9.50 Å². The normalized spacial score (nSPS) is 29.6. The van der Waals surface area contributed by atoms with Gasteiger partial charge in [-0.15, -0.1) is 0 Å². The molecule has 3 aromatic rings. The molecule has 1 spiro atoms. The number of para-hydroxylation sites is 1. The van der Waals surface area contributed by atoms with E-state index >= 15 is 0 Å². The van der Waals surface area contributed by atoms with Crippen LogP contribution in [0.25, 0.3) is 5.65 Å². The molecule has 1 aromatic carbocycles. The van der Waals surface area contributed by atoms with E-state index in [0.29, 0.717) is 37.2 Å². The van der Waals surface area contributed by atoms with Crippen molar-refractivity contribution < 1.29 is 24.2 Å². The summed E-state index contributed by atoms with van der Waals surface area (Å²) in [5, 5.41) is 13.7. The first-order valence-corrected chi connectivity index (χ1v) is 12.1. The van der Waals surface area contributed by atoms with E-state index in [1.165, 1.54) is 0 Å². The highest BCUT2D eigenvalue weighted by atomic mass is 16.5. The van der Waals surface area contributed by atoms with Crippen LogP contribution in [0.5, 0.6) is 5.75 Å². The Morgan fingerprint density at radius 1 is 1.26 bits per heavy atom. The van der Waals surface area contributed by atoms with E-state index in [-0.39, 0.29) is 24.3 Å². The number of likely N-dealkylation sites (tertiary alicyclic amines) is 1. The highest BCUT2D eigenvalue weighted by Gasteiger charge is 2.57. The maximum atomic E-state index is 13.8. The number of benzene rings is 1. The number of carbonyl (C=O) groups excluding carboxylic acids is 1. The summed E-state index contributed by atoms with van der Waals surface area (Å²) in [5.41, 5.74) is 0.793. The fourth-order valence-corrected chi connectivity index (χ4v) is 6.25. The van der Waals surface area contributed by atoms with Crippen LogP contribution in [0.3, 0.4) is 0 Å². The minimum Gasteiger partial charge on any atom is -0.487 e. The van der Waals surface area contributed by atoms with Crippen molar-refractivity contribution in [3.05, 3.63) is 60.0 Å². The number of fused-ring (bicyclic) bond motifs is 4. The lowest BCUT2D eigenvalue weighted by molar-refractivity contribution is -0.169. The monoisotopic (exact) mass is 476 g/mol. The van der Waals surface area contributed by atoms with Crippen LogP contribution in [0.1, 0.15) is 61.1 Å². The lowest BCUT2D eigenvalue weighted by atomic mass is 9.68. The molecule has 3 aliphatic heterocycles. The minimum absolute atomic E-state index is 0.00555. The van der Waals surface area contributed by atoms with Crippen LogP contribution >= 0.6 is 0 Å². The van der Waals surface area contributed by atoms with Gasteiger partial charge < -0.3 is 19.5 Å². The SMILES string of the molecule is C[C@@]1(CCC(=O)O)Oc2ccccc2[C@@H]2OC[C@]3(CCCN3C(=O)c3cnn4cccnc34)C[C@H]21. The first kappa shape index (κ1) is 22.0. The second-order valence-corrected chi connectivity index (χ2v) is 10.1. The number of hydrogen-bond donors (Lipinski definition) is 1. The molecule has 1 amide bonds. The van der Waals surface area contributed by atoms with Gasteiger partial charge in [0.1, 0.15) is 16.9 Å². The van der Waals surface area contributed by atoms with Gasteiger partial charge in [0.15, 0.2) is 5.65 Å². The maximum Gasteiger partial charge on any atom is 0.303 e. The molecule has 0 saturated carbocycles. The number of carboxylic acid groups (broad SMARTS) is 1. The fourth-order valence-electron chi connectivity index (χ4n) is 6.25. The van der Waals surface area contributed by atoms with Crippen molar-refractivity contribution in [1.82, 2.24) is 19.5 Å². The summed E-state index contributed by atoms with van der Waals surface area (Å²) in [7, 11) is 0. The molecule has 182 valence electrons. The predicted molar refractivity (Wildman–Crippen MR) is 125 cm³/mol. The third kappa shape index (κ3) is 3.48. The van der Waals surface area contributed by atoms with E-state index < -0.39 is 17.1 Å². The highest BCUT2D eigenvalue weighted by molar-refractivity contribution is 6.00. The molecule has 3 aliphatic rings. The zero-order valence-electron chi connectivity index (χ0n) is 19.6. The van der Waals surface area contributed by atoms with Crippen LogP contribution in [0.2, 0.25) is 0 Å². The first-order chi connectivity index (χ1) is 16.9. The molecule has 9 heteroatoms. The molecule has 5 heterocycles. The number of aromatic nitrogens is 3. The van der Waals surface area contributed by atoms with Gasteiger partial charge in [-0.1, -0.05) is 18.2 Å². The third-order valence-corrected chi connectivity index (χ3v) is 8.04. The predicted octanol–water partition coefficient (Wildman–Crippen LogP) is 3.50. The third-order valence-electron chi connectivity index (χ3n) is 8.04. The van der Waals surface area contributed by atoms with Crippen LogP contribution in [0.4, 0.5) is 0 Å². The Bertz CT molecular complexity index is 1310. The van der Waals surface area contributed by atoms with Gasteiger partial charge in [-0.2, -0.15) is 5.10 Å². The molecule has 2 saturated heterocycles. The average Bonchev–Trinajstić information content (AvgIpc) is 3.47. The molecule has 6 rings (SSSR count). The number of amides is 1. The quantitative estimate of drug-likeness (QED) is 0.614. The Morgan fingerprint density at radius 3 is 2.97 bits per heavy atom. The second-order valence-electron chi connectivity index (χ2n) is 10.1. The van der Waals surface area contributed by atoms with Crippen molar-refractivity contribution in [2.45, 2.75) is 56.3 Å². The Hall–Kier alpha value is -3.46. The van der Waals surface area contributed by atoms with Crippen molar-refractivity contribution >= 4 is 17.5 Å². The molecule has 0 radical (unpaired) electrons. The van der Waals surface area contributed by atoms with E-state index in [0.717, 1.165) is 24.2 Å². The number of carbonyl (C=O) groups is 2. The molecule has 1 N–H and O–H groups in total. The lowest BCUT2D eigenvalue weighted by Crippen LogP contribution is -2.60. The largest absolute Gasteiger partial charge is 0.487 e. The molecule has 0 bridgehead atoms. The number of nitrogens with zero attached hydrogens (tertiary/aromatic N) is 4. The highest BCUT2D eigenvalue weighted by Crippen LogP contribution is 2.55. The summed E-state index contributed by atoms with van der Waals surface area (Å²) < 4.78 is 14.7. The van der Waals surface area contributed by atoms with E-state index in [9.17, 15) is 14.7 Å². The van der Waals surface area contributed by atoms with Gasteiger partial charge in [0.05, 0.1) is 24.4 Å². The van der Waals surface area contributed by atoms with Crippen molar-refractivity contribution in [2.24, 2.45) is 5.92 Å². The topological polar surface area (TPSA) is 106 Å². The summed E-state index contributed by atoms with van der Waals surface area (Å²) >= 11 is 0. The van der Waals surface area contributed by atoms with E-state index in [1.807, 2.05) is 36.1 Å². The Balaban J connectivity index is 1.35. The minimum atomic E-state index is -0.852. The molecule has 35 heavy (non-hydrogen) atoms. The molecular weight excluding hydrogens is 448 g/mol. The van der Waals surface area contributed by atoms with Crippen LogP contribution in [0.15, 0.2) is 48.9 Å². The number of rotatable bonds is 4. The average molecular weight is 477 g/mol. The number of carboxylic acids is 1. The van der Waals surface area contributed by atoms with E-state index in [4.69, 9.17) is 9.47 Å². The van der Waals surface area contributed by atoms with Gasteiger partial charge in [-0.3, -0.25) is 9.59 Å². The van der Waals surface area contributed by atoms with E-state index in [1.54, 1.807) is 29.2 Å². The molecule has 9 nitrogen and oxygen atoms in total. The van der Waals surface area contributed by atoms with Gasteiger partial charge in [0, 0.05) is 36.8 Å².